The molecule has 136 valence electrons. The Hall–Kier alpha value is -1.88. The summed E-state index contributed by atoms with van der Waals surface area (Å²) in [5, 5.41) is 0. The average Bonchev–Trinajstić information content (AvgIpc) is 2.56. The van der Waals surface area contributed by atoms with Gasteiger partial charge in [0, 0.05) is 18.6 Å². The van der Waals surface area contributed by atoms with Crippen molar-refractivity contribution >= 4 is 11.8 Å². The van der Waals surface area contributed by atoms with Crippen LogP contribution in [0.1, 0.15) is 48.8 Å². The summed E-state index contributed by atoms with van der Waals surface area (Å²) in [6.07, 6.45) is 5.79. The van der Waals surface area contributed by atoms with E-state index in [1.54, 1.807) is 4.90 Å². The lowest BCUT2D eigenvalue weighted by Gasteiger charge is -2.52. The molecular weight excluding hydrogens is 314 g/mol. The monoisotopic (exact) mass is 343 g/mol. The third-order valence-electron chi connectivity index (χ3n) is 5.83. The highest BCUT2D eigenvalue weighted by molar-refractivity contribution is 5.85. The van der Waals surface area contributed by atoms with Crippen molar-refractivity contribution in [1.82, 2.24) is 9.80 Å². The van der Waals surface area contributed by atoms with E-state index >= 15 is 0 Å². The number of amides is 2. The van der Waals surface area contributed by atoms with Gasteiger partial charge in [0.15, 0.2) is 0 Å². The minimum Gasteiger partial charge on any atom is -0.368 e. The van der Waals surface area contributed by atoms with Crippen LogP contribution in [0.3, 0.4) is 0 Å². The Balaban J connectivity index is 1.86. The molecule has 1 heterocycles. The Labute approximate surface area is 150 Å². The number of hydrogen-bond donors (Lipinski definition) is 1. The van der Waals surface area contributed by atoms with Crippen molar-refractivity contribution in [1.29, 1.82) is 0 Å². The lowest BCUT2D eigenvalue weighted by Crippen LogP contribution is -2.65. The molecule has 0 radical (unpaired) electrons. The largest absolute Gasteiger partial charge is 0.368 e. The van der Waals surface area contributed by atoms with E-state index in [2.05, 4.69) is 36.9 Å². The van der Waals surface area contributed by atoms with E-state index < -0.39 is 5.91 Å². The molecule has 0 bridgehead atoms. The zero-order valence-corrected chi connectivity index (χ0v) is 15.4. The highest BCUT2D eigenvalue weighted by Gasteiger charge is 2.45. The highest BCUT2D eigenvalue weighted by atomic mass is 16.2. The number of benzene rings is 1. The summed E-state index contributed by atoms with van der Waals surface area (Å²) in [4.78, 5) is 28.0. The van der Waals surface area contributed by atoms with Crippen LogP contribution in [-0.4, -0.2) is 46.8 Å². The van der Waals surface area contributed by atoms with E-state index in [1.165, 1.54) is 36.0 Å². The summed E-state index contributed by atoms with van der Waals surface area (Å²) in [7, 11) is 0. The number of carbonyl (C=O) groups excluding carboxylic acids is 2. The third-order valence-corrected chi connectivity index (χ3v) is 5.83. The average molecular weight is 343 g/mol. The van der Waals surface area contributed by atoms with E-state index in [4.69, 9.17) is 5.73 Å². The van der Waals surface area contributed by atoms with Gasteiger partial charge in [-0.2, -0.15) is 0 Å². The van der Waals surface area contributed by atoms with Gasteiger partial charge in [-0.25, -0.2) is 0 Å². The van der Waals surface area contributed by atoms with Crippen molar-refractivity contribution in [3.05, 3.63) is 34.9 Å². The van der Waals surface area contributed by atoms with Gasteiger partial charge in [-0.1, -0.05) is 43.0 Å². The van der Waals surface area contributed by atoms with Gasteiger partial charge in [-0.05, 0) is 37.8 Å². The molecule has 25 heavy (non-hydrogen) atoms. The Morgan fingerprint density at radius 2 is 1.92 bits per heavy atom. The molecule has 0 aromatic heterocycles. The van der Waals surface area contributed by atoms with Crippen LogP contribution in [0.15, 0.2) is 18.2 Å². The number of carbonyl (C=O) groups is 2. The van der Waals surface area contributed by atoms with Gasteiger partial charge in [0.1, 0.15) is 0 Å². The van der Waals surface area contributed by atoms with Crippen LogP contribution in [0, 0.1) is 13.8 Å². The van der Waals surface area contributed by atoms with Crippen molar-refractivity contribution in [2.45, 2.75) is 58.0 Å². The first-order valence-corrected chi connectivity index (χ1v) is 9.27. The molecule has 1 aromatic carbocycles. The summed E-state index contributed by atoms with van der Waals surface area (Å²) in [6, 6.07) is 6.51. The molecule has 2 N–H and O–H groups in total. The molecule has 1 aliphatic carbocycles. The normalized spacial score (nSPS) is 20.9. The molecule has 2 amide bonds. The number of primary amides is 1. The second-order valence-electron chi connectivity index (χ2n) is 7.79. The van der Waals surface area contributed by atoms with Crippen molar-refractivity contribution in [2.24, 2.45) is 5.73 Å². The molecule has 5 heteroatoms. The topological polar surface area (TPSA) is 66.6 Å². The predicted octanol–water partition coefficient (Wildman–Crippen LogP) is 2.14. The van der Waals surface area contributed by atoms with Crippen molar-refractivity contribution < 1.29 is 9.59 Å². The van der Waals surface area contributed by atoms with Crippen LogP contribution in [0.25, 0.3) is 0 Å². The molecular formula is C20H29N3O2. The fraction of sp³-hybridized carbons (Fsp3) is 0.600. The minimum absolute atomic E-state index is 0.0142. The van der Waals surface area contributed by atoms with Gasteiger partial charge in [0.2, 0.25) is 11.8 Å². The molecule has 1 spiro atoms. The SMILES string of the molecule is Cc1ccc(C)c(CN2CC(=O)N(CC(N)=O)CC23CCCCC3)c1. The maximum absolute atomic E-state index is 12.6. The van der Waals surface area contributed by atoms with Crippen molar-refractivity contribution in [2.75, 3.05) is 19.6 Å². The molecule has 0 unspecified atom stereocenters. The van der Waals surface area contributed by atoms with Crippen LogP contribution in [0.2, 0.25) is 0 Å². The predicted molar refractivity (Wildman–Crippen MR) is 97.9 cm³/mol. The van der Waals surface area contributed by atoms with E-state index in [0.29, 0.717) is 13.1 Å². The Bertz CT molecular complexity index is 665. The number of nitrogens with two attached hydrogens (primary N) is 1. The van der Waals surface area contributed by atoms with Gasteiger partial charge >= 0.3 is 0 Å². The minimum atomic E-state index is -0.428. The summed E-state index contributed by atoms with van der Waals surface area (Å²) in [6.45, 7) is 6.07. The molecule has 2 aliphatic rings. The fourth-order valence-electron chi connectivity index (χ4n) is 4.39. The molecule has 0 atom stereocenters. The standard InChI is InChI=1S/C20H29N3O2/c1-15-6-7-16(2)17(10-15)11-23-13-19(25)22(12-18(21)24)14-20(23)8-4-3-5-9-20/h6-7,10H,3-5,8-9,11-14H2,1-2H3,(H2,21,24). The maximum Gasteiger partial charge on any atom is 0.237 e. The molecule has 1 saturated carbocycles. The quantitative estimate of drug-likeness (QED) is 0.911. The molecule has 2 fully saturated rings. The van der Waals surface area contributed by atoms with Crippen LogP contribution >= 0.6 is 0 Å². The van der Waals surface area contributed by atoms with E-state index in [0.717, 1.165) is 19.4 Å². The van der Waals surface area contributed by atoms with Crippen LogP contribution in [0.4, 0.5) is 0 Å². The van der Waals surface area contributed by atoms with E-state index in [1.807, 2.05) is 0 Å². The number of rotatable bonds is 4. The first-order chi connectivity index (χ1) is 11.9. The molecule has 1 aromatic rings. The summed E-state index contributed by atoms with van der Waals surface area (Å²) in [5.41, 5.74) is 9.14. The van der Waals surface area contributed by atoms with E-state index in [9.17, 15) is 9.59 Å². The Kier molecular flexibility index (Phi) is 5.13. The first kappa shape index (κ1) is 17.9. The number of hydrogen-bond acceptors (Lipinski definition) is 3. The van der Waals surface area contributed by atoms with Gasteiger partial charge in [-0.15, -0.1) is 0 Å². The number of aryl methyl sites for hydroxylation is 2. The molecule has 3 rings (SSSR count). The van der Waals surface area contributed by atoms with Crippen molar-refractivity contribution in [3.63, 3.8) is 0 Å². The van der Waals surface area contributed by atoms with Crippen LogP contribution in [0.5, 0.6) is 0 Å². The van der Waals surface area contributed by atoms with Crippen LogP contribution < -0.4 is 5.73 Å². The molecule has 5 nitrogen and oxygen atoms in total. The lowest BCUT2D eigenvalue weighted by atomic mass is 9.78. The Morgan fingerprint density at radius 1 is 1.20 bits per heavy atom. The van der Waals surface area contributed by atoms with Crippen molar-refractivity contribution in [3.8, 4) is 0 Å². The smallest absolute Gasteiger partial charge is 0.237 e. The lowest BCUT2D eigenvalue weighted by molar-refractivity contribution is -0.148. The van der Waals surface area contributed by atoms with E-state index in [-0.39, 0.29) is 18.0 Å². The van der Waals surface area contributed by atoms with Gasteiger partial charge < -0.3 is 10.6 Å². The molecule has 1 saturated heterocycles. The Morgan fingerprint density at radius 3 is 2.60 bits per heavy atom. The number of piperazine rings is 1. The van der Waals surface area contributed by atoms with Crippen LogP contribution in [-0.2, 0) is 16.1 Å². The second-order valence-corrected chi connectivity index (χ2v) is 7.79. The zero-order valence-electron chi connectivity index (χ0n) is 15.4. The van der Waals surface area contributed by atoms with Gasteiger partial charge in [0.25, 0.3) is 0 Å². The maximum atomic E-state index is 12.6. The third kappa shape index (κ3) is 3.87. The summed E-state index contributed by atoms with van der Waals surface area (Å²) in [5.74, 6) is -0.414. The number of nitrogens with zero attached hydrogens (tertiary/aromatic N) is 2. The van der Waals surface area contributed by atoms with Gasteiger partial charge in [-0.3, -0.25) is 14.5 Å². The zero-order chi connectivity index (χ0) is 18.0. The molecule has 1 aliphatic heterocycles. The van der Waals surface area contributed by atoms with Gasteiger partial charge in [0.05, 0.1) is 13.1 Å². The fourth-order valence-corrected chi connectivity index (χ4v) is 4.39. The highest BCUT2D eigenvalue weighted by Crippen LogP contribution is 2.38. The summed E-state index contributed by atoms with van der Waals surface area (Å²) < 4.78 is 0. The second kappa shape index (κ2) is 7.16. The summed E-state index contributed by atoms with van der Waals surface area (Å²) >= 11 is 0. The first-order valence-electron chi connectivity index (χ1n) is 9.27.